The van der Waals surface area contributed by atoms with Crippen LogP contribution in [0.2, 0.25) is 0 Å². The number of carbonyl (C=O) groups excluding carboxylic acids is 1. The van der Waals surface area contributed by atoms with Crippen LogP contribution in [0.4, 0.5) is 10.1 Å². The van der Waals surface area contributed by atoms with Gasteiger partial charge in [-0.25, -0.2) is 12.8 Å². The van der Waals surface area contributed by atoms with Crippen molar-refractivity contribution in [2.45, 2.75) is 37.6 Å². The van der Waals surface area contributed by atoms with Gasteiger partial charge in [0.25, 0.3) is 0 Å². The largest absolute Gasteiger partial charge is 0.495 e. The molecule has 0 radical (unpaired) electrons. The Morgan fingerprint density at radius 3 is 2.37 bits per heavy atom. The summed E-state index contributed by atoms with van der Waals surface area (Å²) in [6.45, 7) is 5.26. The van der Waals surface area contributed by atoms with Crippen LogP contribution in [0.25, 0.3) is 0 Å². The number of benzene rings is 2. The Morgan fingerprint density at radius 2 is 1.78 bits per heavy atom. The second-order valence-electron chi connectivity index (χ2n) is 6.38. The molecule has 0 aliphatic rings. The molecule has 1 amide bonds. The van der Waals surface area contributed by atoms with Gasteiger partial charge in [-0.15, -0.1) is 0 Å². The molecule has 1 unspecified atom stereocenters. The van der Waals surface area contributed by atoms with Crippen molar-refractivity contribution in [1.82, 2.24) is 4.72 Å². The minimum absolute atomic E-state index is 0.0204. The number of halogens is 1. The third kappa shape index (κ3) is 5.05. The van der Waals surface area contributed by atoms with Gasteiger partial charge in [-0.3, -0.25) is 4.79 Å². The predicted octanol–water partition coefficient (Wildman–Crippen LogP) is 3.26. The van der Waals surface area contributed by atoms with Crippen molar-refractivity contribution in [2.75, 3.05) is 12.4 Å². The number of amides is 1. The maximum Gasteiger partial charge on any atom is 0.244 e. The third-order valence-corrected chi connectivity index (χ3v) is 5.56. The van der Waals surface area contributed by atoms with Gasteiger partial charge in [0.15, 0.2) is 0 Å². The van der Waals surface area contributed by atoms with E-state index in [0.29, 0.717) is 0 Å². The molecule has 2 rings (SSSR count). The number of methoxy groups -OCH3 is 1. The zero-order valence-corrected chi connectivity index (χ0v) is 16.4. The first-order valence-corrected chi connectivity index (χ1v) is 9.89. The number of nitrogens with one attached hydrogen (secondary N) is 2. The molecular formula is C19H23FN2O4S. The molecule has 0 aliphatic heterocycles. The number of anilines is 1. The molecule has 2 aromatic rings. The molecule has 0 aromatic heterocycles. The fourth-order valence-electron chi connectivity index (χ4n) is 2.42. The van der Waals surface area contributed by atoms with Crippen LogP contribution in [0, 0.1) is 5.82 Å². The summed E-state index contributed by atoms with van der Waals surface area (Å²) in [5.74, 6) is -0.991. The molecule has 27 heavy (non-hydrogen) atoms. The standard InChI is InChI=1S/C19H23FN2O4S/c1-12(2)14-9-10-17(26-4)18(11-14)27(24,25)22-13(3)19(23)21-16-8-6-5-7-15(16)20/h5-13,22H,1-4H3,(H,21,23). The molecule has 0 heterocycles. The summed E-state index contributed by atoms with van der Waals surface area (Å²) in [5.41, 5.74) is 0.799. The number of carbonyl (C=O) groups is 1. The normalized spacial score (nSPS) is 12.7. The molecular weight excluding hydrogens is 371 g/mol. The molecule has 0 fully saturated rings. The van der Waals surface area contributed by atoms with Crippen LogP contribution >= 0.6 is 0 Å². The summed E-state index contributed by atoms with van der Waals surface area (Å²) in [5, 5.41) is 2.37. The minimum Gasteiger partial charge on any atom is -0.495 e. The summed E-state index contributed by atoms with van der Waals surface area (Å²) in [6, 6.07) is 9.41. The number of sulfonamides is 1. The lowest BCUT2D eigenvalue weighted by atomic mass is 10.0. The Labute approximate surface area is 158 Å². The number of hydrogen-bond acceptors (Lipinski definition) is 4. The van der Waals surface area contributed by atoms with Gasteiger partial charge >= 0.3 is 0 Å². The topological polar surface area (TPSA) is 84.5 Å². The van der Waals surface area contributed by atoms with Crippen LogP contribution in [-0.4, -0.2) is 27.5 Å². The maximum absolute atomic E-state index is 13.7. The van der Waals surface area contributed by atoms with Crippen molar-refractivity contribution in [1.29, 1.82) is 0 Å². The second-order valence-corrected chi connectivity index (χ2v) is 8.06. The van der Waals surface area contributed by atoms with Crippen molar-refractivity contribution >= 4 is 21.6 Å². The second kappa shape index (κ2) is 8.49. The molecule has 6 nitrogen and oxygen atoms in total. The third-order valence-electron chi connectivity index (χ3n) is 4.00. The van der Waals surface area contributed by atoms with Gasteiger partial charge in [0.2, 0.25) is 15.9 Å². The summed E-state index contributed by atoms with van der Waals surface area (Å²) in [7, 11) is -2.66. The van der Waals surface area contributed by atoms with Crippen molar-refractivity contribution in [3.05, 3.63) is 53.8 Å². The molecule has 0 bridgehead atoms. The molecule has 0 spiro atoms. The Balaban J connectivity index is 2.23. The molecule has 146 valence electrons. The molecule has 0 saturated carbocycles. The highest BCUT2D eigenvalue weighted by atomic mass is 32.2. The monoisotopic (exact) mass is 394 g/mol. The lowest BCUT2D eigenvalue weighted by molar-refractivity contribution is -0.117. The van der Waals surface area contributed by atoms with E-state index in [1.807, 2.05) is 13.8 Å². The average Bonchev–Trinajstić information content (AvgIpc) is 2.62. The Bertz CT molecular complexity index is 929. The van der Waals surface area contributed by atoms with Gasteiger partial charge in [0.05, 0.1) is 18.8 Å². The van der Waals surface area contributed by atoms with Gasteiger partial charge in [0.1, 0.15) is 16.5 Å². The number of rotatable bonds is 7. The van der Waals surface area contributed by atoms with E-state index < -0.39 is 27.8 Å². The van der Waals surface area contributed by atoms with E-state index in [1.54, 1.807) is 18.2 Å². The molecule has 1 atom stereocenters. The van der Waals surface area contributed by atoms with Crippen LogP contribution in [0.5, 0.6) is 5.75 Å². The number of ether oxygens (including phenoxy) is 1. The first kappa shape index (κ1) is 20.9. The van der Waals surface area contributed by atoms with E-state index >= 15 is 0 Å². The van der Waals surface area contributed by atoms with Crippen LogP contribution in [-0.2, 0) is 14.8 Å². The van der Waals surface area contributed by atoms with Crippen molar-refractivity contribution in [3.8, 4) is 5.75 Å². The SMILES string of the molecule is COc1ccc(C(C)C)cc1S(=O)(=O)NC(C)C(=O)Nc1ccccc1F. The lowest BCUT2D eigenvalue weighted by Crippen LogP contribution is -2.41. The highest BCUT2D eigenvalue weighted by Gasteiger charge is 2.26. The van der Waals surface area contributed by atoms with E-state index in [2.05, 4.69) is 10.0 Å². The van der Waals surface area contributed by atoms with Crippen molar-refractivity contribution in [2.24, 2.45) is 0 Å². The quantitative estimate of drug-likeness (QED) is 0.755. The zero-order valence-electron chi connectivity index (χ0n) is 15.6. The molecule has 0 saturated heterocycles. The predicted molar refractivity (Wildman–Crippen MR) is 102 cm³/mol. The van der Waals surface area contributed by atoms with Gasteiger partial charge in [-0.05, 0) is 42.7 Å². The summed E-state index contributed by atoms with van der Waals surface area (Å²) >= 11 is 0. The molecule has 0 aliphatic carbocycles. The Kier molecular flexibility index (Phi) is 6.56. The van der Waals surface area contributed by atoms with Crippen molar-refractivity contribution < 1.29 is 22.3 Å². The van der Waals surface area contributed by atoms with E-state index in [4.69, 9.17) is 4.74 Å². The van der Waals surface area contributed by atoms with E-state index in [0.717, 1.165) is 5.56 Å². The van der Waals surface area contributed by atoms with Gasteiger partial charge in [0, 0.05) is 0 Å². The van der Waals surface area contributed by atoms with Gasteiger partial charge in [-0.1, -0.05) is 32.0 Å². The fraction of sp³-hybridized carbons (Fsp3) is 0.316. The van der Waals surface area contributed by atoms with Crippen LogP contribution in [0.1, 0.15) is 32.3 Å². The van der Waals surface area contributed by atoms with Crippen LogP contribution < -0.4 is 14.8 Å². The van der Waals surface area contributed by atoms with E-state index in [-0.39, 0.29) is 22.3 Å². The molecule has 2 N–H and O–H groups in total. The highest BCUT2D eigenvalue weighted by molar-refractivity contribution is 7.89. The lowest BCUT2D eigenvalue weighted by Gasteiger charge is -2.17. The molecule has 8 heteroatoms. The first-order valence-electron chi connectivity index (χ1n) is 8.41. The Hall–Kier alpha value is -2.45. The average molecular weight is 394 g/mol. The molecule has 2 aromatic carbocycles. The summed E-state index contributed by atoms with van der Waals surface area (Å²) in [4.78, 5) is 12.2. The zero-order chi connectivity index (χ0) is 20.2. The van der Waals surface area contributed by atoms with E-state index in [9.17, 15) is 17.6 Å². The van der Waals surface area contributed by atoms with Crippen LogP contribution in [0.15, 0.2) is 47.4 Å². The smallest absolute Gasteiger partial charge is 0.244 e. The summed E-state index contributed by atoms with van der Waals surface area (Å²) in [6.07, 6.45) is 0. The van der Waals surface area contributed by atoms with E-state index in [1.165, 1.54) is 38.3 Å². The Morgan fingerprint density at radius 1 is 1.11 bits per heavy atom. The summed E-state index contributed by atoms with van der Waals surface area (Å²) < 4.78 is 46.7. The van der Waals surface area contributed by atoms with Gasteiger partial charge < -0.3 is 10.1 Å². The fourth-order valence-corrected chi connectivity index (χ4v) is 3.82. The number of hydrogen-bond donors (Lipinski definition) is 2. The highest BCUT2D eigenvalue weighted by Crippen LogP contribution is 2.28. The first-order chi connectivity index (χ1) is 12.7. The maximum atomic E-state index is 13.7. The van der Waals surface area contributed by atoms with Crippen LogP contribution in [0.3, 0.4) is 0 Å². The number of para-hydroxylation sites is 1. The minimum atomic E-state index is -4.04. The van der Waals surface area contributed by atoms with Gasteiger partial charge in [-0.2, -0.15) is 4.72 Å². The van der Waals surface area contributed by atoms with Crippen molar-refractivity contribution in [3.63, 3.8) is 0 Å².